The first-order valence-electron chi connectivity index (χ1n) is 8.57. The first-order chi connectivity index (χ1) is 13.5. The average molecular weight is 418 g/mol. The molecule has 0 unspecified atom stereocenters. The lowest BCUT2D eigenvalue weighted by molar-refractivity contribution is 0.0527. The molecule has 9 heteroatoms. The van der Waals surface area contributed by atoms with Crippen LogP contribution < -0.4 is 0 Å². The number of fused-ring (bicyclic) bond motifs is 1. The molecule has 3 aromatic rings. The zero-order valence-corrected chi connectivity index (χ0v) is 17.1. The number of azo groups is 1. The van der Waals surface area contributed by atoms with Crippen LogP contribution in [-0.2, 0) is 9.47 Å². The SMILES string of the molecule is CCOC(=O)c1sc(/N=N/c2sc3ccccc3c2O)c(C(=O)OCC)c1C. The van der Waals surface area contributed by atoms with Gasteiger partial charge in [-0.1, -0.05) is 12.1 Å². The van der Waals surface area contributed by atoms with E-state index in [-0.39, 0.29) is 34.4 Å². The predicted molar refractivity (Wildman–Crippen MR) is 109 cm³/mol. The Kier molecular flexibility index (Phi) is 6.05. The molecular weight excluding hydrogens is 400 g/mol. The molecule has 1 aromatic carbocycles. The summed E-state index contributed by atoms with van der Waals surface area (Å²) in [4.78, 5) is 24.8. The van der Waals surface area contributed by atoms with Crippen LogP contribution in [0, 0.1) is 6.92 Å². The normalized spacial score (nSPS) is 11.2. The monoisotopic (exact) mass is 418 g/mol. The summed E-state index contributed by atoms with van der Waals surface area (Å²) in [5.74, 6) is -1.08. The first-order valence-corrected chi connectivity index (χ1v) is 10.2. The van der Waals surface area contributed by atoms with Crippen LogP contribution in [0.15, 0.2) is 34.5 Å². The maximum atomic E-state index is 12.4. The van der Waals surface area contributed by atoms with Gasteiger partial charge in [-0.05, 0) is 38.5 Å². The van der Waals surface area contributed by atoms with Crippen molar-refractivity contribution in [3.63, 3.8) is 0 Å². The zero-order valence-electron chi connectivity index (χ0n) is 15.5. The number of thiophene rings is 2. The van der Waals surface area contributed by atoms with Gasteiger partial charge >= 0.3 is 11.9 Å². The number of rotatable bonds is 6. The fraction of sp³-hybridized carbons (Fsp3) is 0.263. The molecule has 0 amide bonds. The molecule has 146 valence electrons. The smallest absolute Gasteiger partial charge is 0.348 e. The van der Waals surface area contributed by atoms with Crippen molar-refractivity contribution in [2.45, 2.75) is 20.8 Å². The molecule has 0 aliphatic heterocycles. The predicted octanol–water partition coefficient (Wildman–Crippen LogP) is 5.75. The Morgan fingerprint density at radius 1 is 1.00 bits per heavy atom. The van der Waals surface area contributed by atoms with Crippen LogP contribution in [0.25, 0.3) is 10.1 Å². The summed E-state index contributed by atoms with van der Waals surface area (Å²) in [6.45, 7) is 5.46. The molecule has 2 aromatic heterocycles. The van der Waals surface area contributed by atoms with Crippen LogP contribution in [0.3, 0.4) is 0 Å². The Hall–Kier alpha value is -2.78. The van der Waals surface area contributed by atoms with Gasteiger partial charge in [-0.3, -0.25) is 0 Å². The fourth-order valence-electron chi connectivity index (χ4n) is 2.58. The van der Waals surface area contributed by atoms with E-state index in [0.717, 1.165) is 16.0 Å². The van der Waals surface area contributed by atoms with Crippen molar-refractivity contribution in [1.82, 2.24) is 0 Å². The van der Waals surface area contributed by atoms with E-state index in [9.17, 15) is 14.7 Å². The second-order valence-corrected chi connectivity index (χ2v) is 7.66. The highest BCUT2D eigenvalue weighted by molar-refractivity contribution is 7.23. The molecule has 0 spiro atoms. The average Bonchev–Trinajstić information content (AvgIpc) is 3.18. The van der Waals surface area contributed by atoms with Gasteiger partial charge < -0.3 is 14.6 Å². The van der Waals surface area contributed by atoms with Gasteiger partial charge in [0.15, 0.2) is 15.8 Å². The topological polar surface area (TPSA) is 97.5 Å². The van der Waals surface area contributed by atoms with Crippen LogP contribution >= 0.6 is 22.7 Å². The van der Waals surface area contributed by atoms with Crippen molar-refractivity contribution in [2.75, 3.05) is 13.2 Å². The van der Waals surface area contributed by atoms with E-state index in [1.165, 1.54) is 11.3 Å². The molecule has 0 saturated carbocycles. The number of hydrogen-bond acceptors (Lipinski definition) is 9. The number of benzene rings is 1. The Labute approximate surface area is 169 Å². The molecule has 0 aliphatic carbocycles. The second kappa shape index (κ2) is 8.49. The van der Waals surface area contributed by atoms with E-state index >= 15 is 0 Å². The summed E-state index contributed by atoms with van der Waals surface area (Å²) >= 11 is 2.29. The van der Waals surface area contributed by atoms with Crippen LogP contribution in [0.1, 0.15) is 39.4 Å². The van der Waals surface area contributed by atoms with Crippen LogP contribution in [-0.4, -0.2) is 30.3 Å². The summed E-state index contributed by atoms with van der Waals surface area (Å²) in [7, 11) is 0. The largest absolute Gasteiger partial charge is 0.504 e. The second-order valence-electron chi connectivity index (χ2n) is 5.63. The first kappa shape index (κ1) is 20.0. The van der Waals surface area contributed by atoms with E-state index in [4.69, 9.17) is 9.47 Å². The third-order valence-corrected chi connectivity index (χ3v) is 6.05. The van der Waals surface area contributed by atoms with Crippen LogP contribution in [0.4, 0.5) is 10.0 Å². The number of esters is 2. The molecule has 0 radical (unpaired) electrons. The molecule has 1 N–H and O–H groups in total. The van der Waals surface area contributed by atoms with Gasteiger partial charge in [0.05, 0.1) is 13.2 Å². The maximum Gasteiger partial charge on any atom is 0.348 e. The van der Waals surface area contributed by atoms with Gasteiger partial charge in [0.1, 0.15) is 10.4 Å². The molecule has 2 heterocycles. The molecule has 0 bridgehead atoms. The standard InChI is InChI=1S/C19H18N2O5S2/c1-4-25-18(23)13-10(3)15(19(24)26-5-2)28-16(13)20-21-17-14(22)11-8-6-7-9-12(11)27-17/h6-9,22H,4-5H2,1-3H3/b21-20+. The Balaban J connectivity index is 2.05. The van der Waals surface area contributed by atoms with Gasteiger partial charge in [-0.25, -0.2) is 9.59 Å². The number of carbonyl (C=O) groups excluding carboxylic acids is 2. The van der Waals surface area contributed by atoms with Crippen molar-refractivity contribution in [3.05, 3.63) is 40.3 Å². The number of hydrogen-bond donors (Lipinski definition) is 1. The van der Waals surface area contributed by atoms with E-state index < -0.39 is 11.9 Å². The molecule has 28 heavy (non-hydrogen) atoms. The lowest BCUT2D eigenvalue weighted by Gasteiger charge is -2.02. The molecule has 0 atom stereocenters. The number of nitrogens with zero attached hydrogens (tertiary/aromatic N) is 2. The Morgan fingerprint density at radius 3 is 2.32 bits per heavy atom. The van der Waals surface area contributed by atoms with Gasteiger partial charge in [-0.2, -0.15) is 0 Å². The van der Waals surface area contributed by atoms with Gasteiger partial charge in [-0.15, -0.1) is 32.9 Å². The van der Waals surface area contributed by atoms with E-state index in [1.807, 2.05) is 18.2 Å². The summed E-state index contributed by atoms with van der Waals surface area (Å²) in [5.41, 5.74) is 0.621. The highest BCUT2D eigenvalue weighted by Crippen LogP contribution is 2.45. The number of carbonyl (C=O) groups is 2. The maximum absolute atomic E-state index is 12.4. The zero-order chi connectivity index (χ0) is 20.3. The van der Waals surface area contributed by atoms with Crippen LogP contribution in [0.5, 0.6) is 5.75 Å². The quantitative estimate of drug-likeness (QED) is 0.406. The summed E-state index contributed by atoms with van der Waals surface area (Å²) in [6, 6.07) is 7.35. The summed E-state index contributed by atoms with van der Waals surface area (Å²) < 4.78 is 11.0. The highest BCUT2D eigenvalue weighted by Gasteiger charge is 2.26. The molecule has 0 fully saturated rings. The van der Waals surface area contributed by atoms with E-state index in [1.54, 1.807) is 26.8 Å². The molecule has 0 aliphatic rings. The minimum absolute atomic E-state index is 0.0286. The Bertz CT molecular complexity index is 1070. The summed E-state index contributed by atoms with van der Waals surface area (Å²) in [5, 5.41) is 19.8. The van der Waals surface area contributed by atoms with Gasteiger partial charge in [0, 0.05) is 10.1 Å². The molecular formula is C19H18N2O5S2. The van der Waals surface area contributed by atoms with Crippen molar-refractivity contribution in [2.24, 2.45) is 10.2 Å². The minimum atomic E-state index is -0.582. The van der Waals surface area contributed by atoms with Crippen molar-refractivity contribution < 1.29 is 24.2 Å². The lowest BCUT2D eigenvalue weighted by Crippen LogP contribution is -2.08. The number of aromatic hydroxyl groups is 1. The third-order valence-electron chi connectivity index (χ3n) is 3.85. The highest BCUT2D eigenvalue weighted by atomic mass is 32.1. The minimum Gasteiger partial charge on any atom is -0.504 e. The van der Waals surface area contributed by atoms with Crippen molar-refractivity contribution in [3.8, 4) is 5.75 Å². The number of ether oxygens (including phenoxy) is 2. The van der Waals surface area contributed by atoms with Gasteiger partial charge in [0.2, 0.25) is 0 Å². The molecule has 7 nitrogen and oxygen atoms in total. The van der Waals surface area contributed by atoms with E-state index in [0.29, 0.717) is 16.0 Å². The Morgan fingerprint density at radius 2 is 1.64 bits per heavy atom. The fourth-order valence-corrected chi connectivity index (χ4v) is 4.51. The molecule has 3 rings (SSSR count). The lowest BCUT2D eigenvalue weighted by atomic mass is 10.1. The summed E-state index contributed by atoms with van der Waals surface area (Å²) in [6.07, 6.45) is 0. The van der Waals surface area contributed by atoms with Crippen molar-refractivity contribution >= 4 is 54.7 Å². The van der Waals surface area contributed by atoms with Crippen molar-refractivity contribution in [1.29, 1.82) is 0 Å². The van der Waals surface area contributed by atoms with E-state index in [2.05, 4.69) is 10.2 Å². The van der Waals surface area contributed by atoms with Crippen LogP contribution in [0.2, 0.25) is 0 Å². The molecule has 0 saturated heterocycles. The van der Waals surface area contributed by atoms with Gasteiger partial charge in [0.25, 0.3) is 0 Å². The third kappa shape index (κ3) is 3.76.